The summed E-state index contributed by atoms with van der Waals surface area (Å²) in [5, 5.41) is 28.7. The third kappa shape index (κ3) is 2.41. The molecule has 17 heavy (non-hydrogen) atoms. The van der Waals surface area contributed by atoms with E-state index in [1.165, 1.54) is 6.20 Å². The molecule has 2 aromatic rings. The van der Waals surface area contributed by atoms with Crippen LogP contribution in [0.2, 0.25) is 0 Å². The molecule has 0 saturated heterocycles. The molecule has 2 unspecified atom stereocenters. The number of nitrogens with zero attached hydrogens (tertiary/aromatic N) is 2. The first-order valence-corrected chi connectivity index (χ1v) is 5.30. The molecule has 0 radical (unpaired) electrons. The minimum absolute atomic E-state index is 0.103. The number of aliphatic hydroxyl groups excluding tert-OH is 2. The molecule has 0 aliphatic carbocycles. The lowest BCUT2D eigenvalue weighted by Crippen LogP contribution is -2.17. The van der Waals surface area contributed by atoms with Crippen LogP contribution in [0.3, 0.4) is 0 Å². The van der Waals surface area contributed by atoms with Gasteiger partial charge in [-0.1, -0.05) is 18.2 Å². The molecule has 4 nitrogen and oxygen atoms in total. The van der Waals surface area contributed by atoms with Gasteiger partial charge in [0.1, 0.15) is 6.10 Å². The van der Waals surface area contributed by atoms with Gasteiger partial charge in [0.15, 0.2) is 0 Å². The van der Waals surface area contributed by atoms with E-state index in [9.17, 15) is 10.2 Å². The molecule has 2 N–H and O–H groups in total. The zero-order valence-corrected chi connectivity index (χ0v) is 9.11. The Labute approximate surface area is 98.8 Å². The Bertz CT molecular complexity index is 563. The Balaban J connectivity index is 2.33. The van der Waals surface area contributed by atoms with Crippen LogP contribution < -0.4 is 0 Å². The summed E-state index contributed by atoms with van der Waals surface area (Å²) in [5.41, 5.74) is 1.35. The van der Waals surface area contributed by atoms with Crippen molar-refractivity contribution in [3.05, 3.63) is 42.1 Å². The van der Waals surface area contributed by atoms with Gasteiger partial charge in [0.05, 0.1) is 24.1 Å². The summed E-state index contributed by atoms with van der Waals surface area (Å²) in [5.74, 6) is 0. The van der Waals surface area contributed by atoms with Crippen LogP contribution >= 0.6 is 0 Å². The zero-order valence-electron chi connectivity index (χ0n) is 9.11. The average Bonchev–Trinajstić information content (AvgIpc) is 2.37. The van der Waals surface area contributed by atoms with Gasteiger partial charge in [0.25, 0.3) is 0 Å². The van der Waals surface area contributed by atoms with Crippen LogP contribution in [0.4, 0.5) is 0 Å². The molecule has 0 spiro atoms. The summed E-state index contributed by atoms with van der Waals surface area (Å²) in [7, 11) is 0. The Kier molecular flexibility index (Phi) is 3.33. The normalized spacial score (nSPS) is 14.2. The average molecular weight is 228 g/mol. The Morgan fingerprint density at radius 1 is 1.29 bits per heavy atom. The number of aromatic nitrogens is 1. The van der Waals surface area contributed by atoms with Crippen LogP contribution in [-0.2, 0) is 0 Å². The number of hydrogen-bond donors (Lipinski definition) is 2. The van der Waals surface area contributed by atoms with E-state index < -0.39 is 12.2 Å². The quantitative estimate of drug-likeness (QED) is 0.835. The van der Waals surface area contributed by atoms with E-state index in [4.69, 9.17) is 5.26 Å². The van der Waals surface area contributed by atoms with Gasteiger partial charge in [-0.25, -0.2) is 0 Å². The first-order valence-electron chi connectivity index (χ1n) is 5.30. The summed E-state index contributed by atoms with van der Waals surface area (Å²) in [4.78, 5) is 4.19. The molecule has 1 aromatic heterocycles. The SMILES string of the molecule is N#CCC(O)C(O)c1cnc2ccccc2c1. The molecule has 0 bridgehead atoms. The fraction of sp³-hybridized carbons (Fsp3) is 0.231. The molecule has 86 valence electrons. The van der Waals surface area contributed by atoms with E-state index in [2.05, 4.69) is 4.98 Å². The van der Waals surface area contributed by atoms with Gasteiger partial charge in [-0.2, -0.15) is 5.26 Å². The van der Waals surface area contributed by atoms with Crippen molar-refractivity contribution in [2.45, 2.75) is 18.6 Å². The highest BCUT2D eigenvalue weighted by atomic mass is 16.3. The summed E-state index contributed by atoms with van der Waals surface area (Å²) in [6, 6.07) is 11.1. The second kappa shape index (κ2) is 4.91. The molecule has 2 atom stereocenters. The van der Waals surface area contributed by atoms with Gasteiger partial charge in [0, 0.05) is 17.1 Å². The minimum atomic E-state index is -1.08. The van der Waals surface area contributed by atoms with Gasteiger partial charge in [0.2, 0.25) is 0 Å². The van der Waals surface area contributed by atoms with Crippen molar-refractivity contribution < 1.29 is 10.2 Å². The predicted molar refractivity (Wildman–Crippen MR) is 62.9 cm³/mol. The van der Waals surface area contributed by atoms with Crippen molar-refractivity contribution in [2.75, 3.05) is 0 Å². The number of benzene rings is 1. The van der Waals surface area contributed by atoms with Gasteiger partial charge in [-0.05, 0) is 12.1 Å². The number of fused-ring (bicyclic) bond motifs is 1. The third-order valence-electron chi connectivity index (χ3n) is 2.62. The number of pyridine rings is 1. The molecule has 1 aromatic carbocycles. The van der Waals surface area contributed by atoms with E-state index in [0.29, 0.717) is 5.56 Å². The molecule has 0 fully saturated rings. The molecule has 0 saturated carbocycles. The van der Waals surface area contributed by atoms with Crippen LogP contribution in [0.5, 0.6) is 0 Å². The summed E-state index contributed by atoms with van der Waals surface area (Å²) in [6.07, 6.45) is -0.739. The number of rotatable bonds is 3. The largest absolute Gasteiger partial charge is 0.389 e. The van der Waals surface area contributed by atoms with Gasteiger partial charge in [-0.15, -0.1) is 0 Å². The van der Waals surface area contributed by atoms with Crippen molar-refractivity contribution in [1.29, 1.82) is 5.26 Å². The predicted octanol–water partition coefficient (Wildman–Crippen LogP) is 1.54. The summed E-state index contributed by atoms with van der Waals surface area (Å²) >= 11 is 0. The highest BCUT2D eigenvalue weighted by Gasteiger charge is 2.18. The number of aliphatic hydroxyl groups is 2. The molecular formula is C13H12N2O2. The van der Waals surface area contributed by atoms with Gasteiger partial charge < -0.3 is 10.2 Å². The van der Waals surface area contributed by atoms with Crippen LogP contribution in [0, 0.1) is 11.3 Å². The Morgan fingerprint density at radius 2 is 2.06 bits per heavy atom. The van der Waals surface area contributed by atoms with Crippen LogP contribution in [-0.4, -0.2) is 21.3 Å². The highest BCUT2D eigenvalue weighted by Crippen LogP contribution is 2.21. The van der Waals surface area contributed by atoms with Crippen LogP contribution in [0.15, 0.2) is 36.5 Å². The molecule has 0 amide bonds. The van der Waals surface area contributed by atoms with E-state index in [0.717, 1.165) is 10.9 Å². The molecule has 2 rings (SSSR count). The number of hydrogen-bond acceptors (Lipinski definition) is 4. The maximum absolute atomic E-state index is 9.84. The van der Waals surface area contributed by atoms with Crippen molar-refractivity contribution >= 4 is 10.9 Å². The highest BCUT2D eigenvalue weighted by molar-refractivity contribution is 5.78. The maximum atomic E-state index is 9.84. The molecule has 0 aliphatic rings. The molecule has 0 aliphatic heterocycles. The number of para-hydroxylation sites is 1. The smallest absolute Gasteiger partial charge is 0.107 e. The van der Waals surface area contributed by atoms with E-state index in [-0.39, 0.29) is 6.42 Å². The second-order valence-electron chi connectivity index (χ2n) is 3.84. The fourth-order valence-electron chi connectivity index (χ4n) is 1.68. The lowest BCUT2D eigenvalue weighted by Gasteiger charge is -2.15. The second-order valence-corrected chi connectivity index (χ2v) is 3.84. The molecule has 1 heterocycles. The summed E-state index contributed by atoms with van der Waals surface area (Å²) < 4.78 is 0. The Morgan fingerprint density at radius 3 is 2.82 bits per heavy atom. The lowest BCUT2D eigenvalue weighted by molar-refractivity contribution is 0.0215. The Hall–Kier alpha value is -1.96. The van der Waals surface area contributed by atoms with Crippen molar-refractivity contribution in [2.24, 2.45) is 0 Å². The van der Waals surface area contributed by atoms with Crippen molar-refractivity contribution in [3.8, 4) is 6.07 Å². The number of nitriles is 1. The lowest BCUT2D eigenvalue weighted by atomic mass is 10.0. The monoisotopic (exact) mass is 228 g/mol. The standard InChI is InChI=1S/C13H12N2O2/c14-6-5-12(16)13(17)10-7-9-3-1-2-4-11(9)15-8-10/h1-4,7-8,12-13,16-17H,5H2. The minimum Gasteiger partial charge on any atom is -0.389 e. The van der Waals surface area contributed by atoms with E-state index in [1.807, 2.05) is 30.3 Å². The van der Waals surface area contributed by atoms with Crippen LogP contribution in [0.25, 0.3) is 10.9 Å². The fourth-order valence-corrected chi connectivity index (χ4v) is 1.68. The van der Waals surface area contributed by atoms with E-state index in [1.54, 1.807) is 6.07 Å². The maximum Gasteiger partial charge on any atom is 0.107 e. The first kappa shape index (κ1) is 11.5. The van der Waals surface area contributed by atoms with Crippen LogP contribution in [0.1, 0.15) is 18.1 Å². The molecule has 4 heteroatoms. The third-order valence-corrected chi connectivity index (χ3v) is 2.62. The first-order chi connectivity index (χ1) is 8.22. The zero-order chi connectivity index (χ0) is 12.3. The van der Waals surface area contributed by atoms with Gasteiger partial charge in [-0.3, -0.25) is 4.98 Å². The van der Waals surface area contributed by atoms with Gasteiger partial charge >= 0.3 is 0 Å². The summed E-state index contributed by atoms with van der Waals surface area (Å²) in [6.45, 7) is 0. The topological polar surface area (TPSA) is 77.1 Å². The molecular weight excluding hydrogens is 216 g/mol. The van der Waals surface area contributed by atoms with E-state index >= 15 is 0 Å². The van der Waals surface area contributed by atoms with Crippen molar-refractivity contribution in [3.63, 3.8) is 0 Å². The van der Waals surface area contributed by atoms with Crippen molar-refractivity contribution in [1.82, 2.24) is 4.98 Å².